The normalized spacial score (nSPS) is 16.5. The quantitative estimate of drug-likeness (QED) is 0.550. The molecule has 7 heteroatoms. The van der Waals surface area contributed by atoms with Crippen molar-refractivity contribution in [2.75, 3.05) is 4.90 Å². The van der Waals surface area contributed by atoms with Crippen LogP contribution < -0.4 is 9.64 Å². The Balaban J connectivity index is 1.77. The third-order valence-corrected chi connectivity index (χ3v) is 5.46. The number of aryl methyl sites for hydroxylation is 1. The zero-order valence-corrected chi connectivity index (χ0v) is 17.0. The van der Waals surface area contributed by atoms with E-state index in [4.69, 9.17) is 22.1 Å². The molecule has 0 saturated carbocycles. The van der Waals surface area contributed by atoms with E-state index in [2.05, 4.69) is 0 Å². The summed E-state index contributed by atoms with van der Waals surface area (Å²) < 4.78 is 5.95. The Hall–Kier alpha value is -2.64. The van der Waals surface area contributed by atoms with E-state index in [0.717, 1.165) is 16.8 Å². The number of thiocarbonyl (C=S) groups is 1. The van der Waals surface area contributed by atoms with Gasteiger partial charge in [-0.2, -0.15) is 0 Å². The SMILES string of the molecule is CCC(Oc1ccc(/C=C2/SC(=S)N(c3cccc(C)c3)C2=O)cc1)C(=O)O. The van der Waals surface area contributed by atoms with Crippen LogP contribution in [0.15, 0.2) is 53.4 Å². The van der Waals surface area contributed by atoms with Crippen LogP contribution in [0.1, 0.15) is 24.5 Å². The smallest absolute Gasteiger partial charge is 0.344 e. The molecule has 1 aliphatic heterocycles. The molecule has 1 atom stereocenters. The molecule has 1 heterocycles. The first-order valence-electron chi connectivity index (χ1n) is 8.73. The molecule has 3 rings (SSSR count). The van der Waals surface area contributed by atoms with Crippen molar-refractivity contribution in [3.8, 4) is 5.75 Å². The molecule has 0 aromatic heterocycles. The van der Waals surface area contributed by atoms with Crippen LogP contribution in [0.4, 0.5) is 5.69 Å². The highest BCUT2D eigenvalue weighted by Gasteiger charge is 2.33. The zero-order chi connectivity index (χ0) is 20.3. The van der Waals surface area contributed by atoms with Gasteiger partial charge in [-0.1, -0.05) is 55.2 Å². The number of benzene rings is 2. The summed E-state index contributed by atoms with van der Waals surface area (Å²) in [4.78, 5) is 26.0. The van der Waals surface area contributed by atoms with Crippen molar-refractivity contribution >= 4 is 51.9 Å². The Labute approximate surface area is 173 Å². The van der Waals surface area contributed by atoms with Gasteiger partial charge < -0.3 is 9.84 Å². The predicted molar refractivity (Wildman–Crippen MR) is 116 cm³/mol. The number of carboxylic acids is 1. The lowest BCUT2D eigenvalue weighted by atomic mass is 10.2. The summed E-state index contributed by atoms with van der Waals surface area (Å²) in [5, 5.41) is 9.08. The number of nitrogens with zero attached hydrogens (tertiary/aromatic N) is 1. The Kier molecular flexibility index (Phi) is 6.16. The minimum absolute atomic E-state index is 0.155. The lowest BCUT2D eigenvalue weighted by Gasteiger charge is -2.14. The summed E-state index contributed by atoms with van der Waals surface area (Å²) in [5.74, 6) is -0.678. The van der Waals surface area contributed by atoms with Crippen LogP contribution in [-0.4, -0.2) is 27.4 Å². The van der Waals surface area contributed by atoms with Crippen molar-refractivity contribution < 1.29 is 19.4 Å². The molecule has 0 aliphatic carbocycles. The standard InChI is InChI=1S/C21H19NO4S2/c1-3-17(20(24)25)26-16-9-7-14(8-10-16)12-18-19(23)22(21(27)28-18)15-6-4-5-13(2)11-15/h4-12,17H,3H2,1-2H3,(H,24,25)/b18-12+. The molecule has 0 bridgehead atoms. The van der Waals surface area contributed by atoms with Gasteiger partial charge in [0.2, 0.25) is 0 Å². The average molecular weight is 414 g/mol. The van der Waals surface area contributed by atoms with E-state index in [1.807, 2.05) is 31.2 Å². The van der Waals surface area contributed by atoms with E-state index < -0.39 is 12.1 Å². The fourth-order valence-corrected chi connectivity index (χ4v) is 4.02. The van der Waals surface area contributed by atoms with Crippen molar-refractivity contribution in [1.82, 2.24) is 0 Å². The van der Waals surface area contributed by atoms with Gasteiger partial charge in [-0.3, -0.25) is 9.69 Å². The first-order chi connectivity index (χ1) is 13.4. The number of carboxylic acid groups (broad SMARTS) is 1. The van der Waals surface area contributed by atoms with E-state index in [-0.39, 0.29) is 5.91 Å². The Bertz CT molecular complexity index is 953. The molecule has 0 radical (unpaired) electrons. The number of rotatable bonds is 6. The second-order valence-electron chi connectivity index (χ2n) is 6.28. The first kappa shape index (κ1) is 20.1. The molecule has 1 amide bonds. The van der Waals surface area contributed by atoms with Crippen molar-refractivity contribution in [3.05, 3.63) is 64.6 Å². The Morgan fingerprint density at radius 3 is 2.61 bits per heavy atom. The topological polar surface area (TPSA) is 66.8 Å². The van der Waals surface area contributed by atoms with Gasteiger partial charge in [0.05, 0.1) is 10.6 Å². The predicted octanol–water partition coefficient (Wildman–Crippen LogP) is 4.64. The molecule has 1 unspecified atom stereocenters. The van der Waals surface area contributed by atoms with E-state index in [9.17, 15) is 9.59 Å². The fourth-order valence-electron chi connectivity index (χ4n) is 2.72. The van der Waals surface area contributed by atoms with Crippen molar-refractivity contribution in [2.24, 2.45) is 0 Å². The van der Waals surface area contributed by atoms with E-state index in [0.29, 0.717) is 21.4 Å². The molecule has 1 N–H and O–H groups in total. The van der Waals surface area contributed by atoms with Crippen LogP contribution in [0.2, 0.25) is 0 Å². The summed E-state index contributed by atoms with van der Waals surface area (Å²) in [6.45, 7) is 3.72. The van der Waals surface area contributed by atoms with Gasteiger partial charge in [0.15, 0.2) is 10.4 Å². The van der Waals surface area contributed by atoms with E-state index in [1.165, 1.54) is 16.7 Å². The molecule has 2 aromatic rings. The summed E-state index contributed by atoms with van der Waals surface area (Å²) >= 11 is 6.65. The highest BCUT2D eigenvalue weighted by Crippen LogP contribution is 2.36. The van der Waals surface area contributed by atoms with Gasteiger partial charge in [-0.05, 0) is 54.8 Å². The van der Waals surface area contributed by atoms with Gasteiger partial charge >= 0.3 is 5.97 Å². The lowest BCUT2D eigenvalue weighted by Crippen LogP contribution is -2.27. The molecular weight excluding hydrogens is 394 g/mol. The number of amides is 1. The second-order valence-corrected chi connectivity index (χ2v) is 7.95. The Morgan fingerprint density at radius 2 is 2.00 bits per heavy atom. The summed E-state index contributed by atoms with van der Waals surface area (Å²) in [6, 6.07) is 14.6. The van der Waals surface area contributed by atoms with Crippen LogP contribution >= 0.6 is 24.0 Å². The number of thioether (sulfide) groups is 1. The highest BCUT2D eigenvalue weighted by molar-refractivity contribution is 8.27. The summed E-state index contributed by atoms with van der Waals surface area (Å²) in [7, 11) is 0. The largest absolute Gasteiger partial charge is 0.479 e. The van der Waals surface area contributed by atoms with E-state index in [1.54, 1.807) is 37.3 Å². The molecule has 1 aliphatic rings. The maximum Gasteiger partial charge on any atom is 0.344 e. The number of hydrogen-bond acceptors (Lipinski definition) is 5. The zero-order valence-electron chi connectivity index (χ0n) is 15.4. The van der Waals surface area contributed by atoms with Crippen LogP contribution in [-0.2, 0) is 9.59 Å². The molecule has 1 saturated heterocycles. The van der Waals surface area contributed by atoms with Crippen LogP contribution in [0.25, 0.3) is 6.08 Å². The van der Waals surface area contributed by atoms with Crippen LogP contribution in [0.5, 0.6) is 5.75 Å². The molecule has 5 nitrogen and oxygen atoms in total. The average Bonchev–Trinajstić information content (AvgIpc) is 2.94. The first-order valence-corrected chi connectivity index (χ1v) is 9.95. The molecule has 1 fully saturated rings. The molecule has 0 spiro atoms. The number of hydrogen-bond donors (Lipinski definition) is 1. The third-order valence-electron chi connectivity index (χ3n) is 4.16. The molecule has 2 aromatic carbocycles. The number of anilines is 1. The Morgan fingerprint density at radius 1 is 1.29 bits per heavy atom. The fraction of sp³-hybridized carbons (Fsp3) is 0.190. The lowest BCUT2D eigenvalue weighted by molar-refractivity contribution is -0.145. The van der Waals surface area contributed by atoms with Gasteiger partial charge in [-0.15, -0.1) is 0 Å². The van der Waals surface area contributed by atoms with Crippen LogP contribution in [0, 0.1) is 6.92 Å². The van der Waals surface area contributed by atoms with Gasteiger partial charge in [0.1, 0.15) is 5.75 Å². The van der Waals surface area contributed by atoms with Crippen LogP contribution in [0.3, 0.4) is 0 Å². The van der Waals surface area contributed by atoms with Gasteiger partial charge in [0.25, 0.3) is 5.91 Å². The molecule has 144 valence electrons. The maximum absolute atomic E-state index is 12.8. The highest BCUT2D eigenvalue weighted by atomic mass is 32.2. The minimum atomic E-state index is -0.994. The monoisotopic (exact) mass is 413 g/mol. The number of ether oxygens (including phenoxy) is 1. The van der Waals surface area contributed by atoms with E-state index >= 15 is 0 Å². The number of carbonyl (C=O) groups is 2. The molecule has 28 heavy (non-hydrogen) atoms. The number of aliphatic carboxylic acids is 1. The van der Waals surface area contributed by atoms with Gasteiger partial charge in [-0.25, -0.2) is 4.79 Å². The summed E-state index contributed by atoms with van der Waals surface area (Å²) in [6.07, 6.45) is 1.27. The minimum Gasteiger partial charge on any atom is -0.479 e. The van der Waals surface area contributed by atoms with Crippen molar-refractivity contribution in [1.29, 1.82) is 0 Å². The van der Waals surface area contributed by atoms with Crippen molar-refractivity contribution in [3.63, 3.8) is 0 Å². The second kappa shape index (κ2) is 8.58. The maximum atomic E-state index is 12.8. The van der Waals surface area contributed by atoms with Crippen molar-refractivity contribution in [2.45, 2.75) is 26.4 Å². The number of carbonyl (C=O) groups excluding carboxylic acids is 1. The van der Waals surface area contributed by atoms with Gasteiger partial charge in [0, 0.05) is 0 Å². The summed E-state index contributed by atoms with van der Waals surface area (Å²) in [5.41, 5.74) is 2.62. The molecular formula is C21H19NO4S2. The third kappa shape index (κ3) is 4.43.